The van der Waals surface area contributed by atoms with Gasteiger partial charge in [-0.05, 0) is 73.2 Å². The van der Waals surface area contributed by atoms with Crippen LogP contribution < -0.4 is 21.3 Å². The van der Waals surface area contributed by atoms with E-state index in [1.54, 1.807) is 36.7 Å². The van der Waals surface area contributed by atoms with Crippen LogP contribution in [0.15, 0.2) is 106 Å². The standard InChI is InChI=1S/C44H43F2N7O8S/c1-4-30(5-2)61-43(56)37(20-26-10-15-39(47-23-26)53-42(55)32-8-6-7-9-38(32)52(3)44(53)57)50-41(54)33-21-35(46)36(22-34(33)45)51-62(58,59)31-13-11-27(12-14-31)29-24-48-40(49-25-29)28-16-18-60-19-17-28/h6-15,21-25,28,30,37,51H,4-5,16-20H2,1-3H3,(H,50,54)/t37-/m0/s1. The van der Waals surface area contributed by atoms with Crippen molar-refractivity contribution in [1.82, 2.24) is 29.4 Å². The molecule has 1 aliphatic heterocycles. The van der Waals surface area contributed by atoms with Gasteiger partial charge in [-0.3, -0.25) is 18.9 Å². The number of nitrogens with one attached hydrogen (secondary N) is 2. The SMILES string of the molecule is CCC(CC)OC(=O)[C@H](Cc1ccc(-n2c(=O)c3ccccc3n(C)c2=O)nc1)NC(=O)c1cc(F)c(NS(=O)(=O)c2ccc(-c3cnc(C4CCOCC4)nc3)cc2)cc1F. The van der Waals surface area contributed by atoms with Gasteiger partial charge in [0, 0.05) is 62.8 Å². The molecule has 1 aliphatic rings. The van der Waals surface area contributed by atoms with E-state index in [1.165, 1.54) is 54.2 Å². The van der Waals surface area contributed by atoms with Crippen molar-refractivity contribution in [2.75, 3.05) is 17.9 Å². The Hall–Kier alpha value is -6.66. The van der Waals surface area contributed by atoms with Gasteiger partial charge in [0.05, 0.1) is 27.0 Å². The van der Waals surface area contributed by atoms with Gasteiger partial charge in [0.15, 0.2) is 0 Å². The normalized spacial score (nSPS) is 13.8. The van der Waals surface area contributed by atoms with Crippen molar-refractivity contribution in [3.63, 3.8) is 0 Å². The Balaban J connectivity index is 1.07. The highest BCUT2D eigenvalue weighted by Crippen LogP contribution is 2.28. The van der Waals surface area contributed by atoms with Gasteiger partial charge in [-0.1, -0.05) is 44.2 Å². The Morgan fingerprint density at radius 2 is 1.58 bits per heavy atom. The first kappa shape index (κ1) is 43.4. The second-order valence-corrected chi connectivity index (χ2v) is 16.5. The van der Waals surface area contributed by atoms with Gasteiger partial charge < -0.3 is 14.8 Å². The molecule has 0 aliphatic carbocycles. The van der Waals surface area contributed by atoms with E-state index in [9.17, 15) is 27.6 Å². The molecular weight excluding hydrogens is 825 g/mol. The van der Waals surface area contributed by atoms with Crippen LogP contribution in [-0.2, 0) is 37.8 Å². The van der Waals surface area contributed by atoms with Crippen molar-refractivity contribution >= 4 is 38.5 Å². The lowest BCUT2D eigenvalue weighted by molar-refractivity contribution is -0.151. The lowest BCUT2D eigenvalue weighted by atomic mass is 9.99. The minimum absolute atomic E-state index is 0.0116. The number of nitrogens with zero attached hydrogens (tertiary/aromatic N) is 5. The maximum Gasteiger partial charge on any atom is 0.337 e. The summed E-state index contributed by atoms with van der Waals surface area (Å²) in [6.45, 7) is 4.91. The van der Waals surface area contributed by atoms with Crippen molar-refractivity contribution in [3.05, 3.63) is 141 Å². The lowest BCUT2D eigenvalue weighted by Gasteiger charge is -2.22. The fraction of sp³-hybridized carbons (Fsp3) is 0.295. The molecule has 1 saturated heterocycles. The zero-order valence-electron chi connectivity index (χ0n) is 34.0. The molecule has 4 heterocycles. The van der Waals surface area contributed by atoms with Crippen LogP contribution in [-0.4, -0.2) is 69.7 Å². The first-order chi connectivity index (χ1) is 29.8. The Morgan fingerprint density at radius 3 is 2.24 bits per heavy atom. The van der Waals surface area contributed by atoms with E-state index in [1.807, 2.05) is 18.6 Å². The third-order valence-corrected chi connectivity index (χ3v) is 12.1. The second kappa shape index (κ2) is 18.5. The predicted molar refractivity (Wildman–Crippen MR) is 225 cm³/mol. The lowest BCUT2D eigenvalue weighted by Crippen LogP contribution is -2.44. The van der Waals surface area contributed by atoms with Gasteiger partial charge in [-0.2, -0.15) is 0 Å². The smallest absolute Gasteiger partial charge is 0.337 e. The number of ether oxygens (including phenoxy) is 2. The maximum absolute atomic E-state index is 15.6. The number of carbonyl (C=O) groups is 2. The highest BCUT2D eigenvalue weighted by molar-refractivity contribution is 7.92. The first-order valence-corrected chi connectivity index (χ1v) is 21.5. The van der Waals surface area contributed by atoms with Crippen LogP contribution in [0.1, 0.15) is 67.2 Å². The van der Waals surface area contributed by atoms with Crippen molar-refractivity contribution in [2.24, 2.45) is 7.05 Å². The molecular formula is C44H43F2N7O8S. The molecule has 62 heavy (non-hydrogen) atoms. The van der Waals surface area contributed by atoms with Crippen LogP contribution in [0.3, 0.4) is 0 Å². The number of aryl methyl sites for hydroxylation is 1. The average molecular weight is 868 g/mol. The van der Waals surface area contributed by atoms with Crippen LogP contribution in [0, 0.1) is 11.6 Å². The Labute approximate surface area is 354 Å². The van der Waals surface area contributed by atoms with Crippen LogP contribution in [0.5, 0.6) is 0 Å². The summed E-state index contributed by atoms with van der Waals surface area (Å²) in [6.07, 6.45) is 6.50. The highest BCUT2D eigenvalue weighted by Gasteiger charge is 2.28. The number of aromatic nitrogens is 5. The third-order valence-electron chi connectivity index (χ3n) is 10.7. The topological polar surface area (TPSA) is 193 Å². The van der Waals surface area contributed by atoms with Gasteiger partial charge in [0.2, 0.25) is 0 Å². The number of halogens is 2. The van der Waals surface area contributed by atoms with Crippen LogP contribution >= 0.6 is 0 Å². The summed E-state index contributed by atoms with van der Waals surface area (Å²) in [5.41, 5.74) is -0.667. The summed E-state index contributed by atoms with van der Waals surface area (Å²) in [6, 6.07) is 14.8. The monoisotopic (exact) mass is 867 g/mol. The summed E-state index contributed by atoms with van der Waals surface area (Å²) in [4.78, 5) is 66.4. The minimum atomic E-state index is -4.43. The molecule has 0 radical (unpaired) electrons. The molecule has 18 heteroatoms. The summed E-state index contributed by atoms with van der Waals surface area (Å²) in [5.74, 6) is -3.64. The number of rotatable bonds is 14. The van der Waals surface area contributed by atoms with Gasteiger partial charge in [-0.25, -0.2) is 46.3 Å². The highest BCUT2D eigenvalue weighted by atomic mass is 32.2. The number of esters is 1. The van der Waals surface area contributed by atoms with Gasteiger partial charge in [0.25, 0.3) is 21.5 Å². The van der Waals surface area contributed by atoms with Crippen molar-refractivity contribution < 1.29 is 36.3 Å². The third kappa shape index (κ3) is 9.30. The first-order valence-electron chi connectivity index (χ1n) is 20.0. The fourth-order valence-electron chi connectivity index (χ4n) is 7.13. The molecule has 0 unspecified atom stereocenters. The number of fused-ring (bicyclic) bond motifs is 1. The van der Waals surface area contributed by atoms with E-state index in [-0.39, 0.29) is 23.1 Å². The minimum Gasteiger partial charge on any atom is -0.461 e. The summed E-state index contributed by atoms with van der Waals surface area (Å²) in [5, 5.41) is 2.72. The summed E-state index contributed by atoms with van der Waals surface area (Å²) < 4.78 is 72.9. The van der Waals surface area contributed by atoms with E-state index in [0.717, 1.165) is 17.4 Å². The number of hydrogen-bond donors (Lipinski definition) is 2. The van der Waals surface area contributed by atoms with Crippen LogP contribution in [0.4, 0.5) is 14.5 Å². The molecule has 3 aromatic heterocycles. The number of anilines is 1. The molecule has 3 aromatic carbocycles. The average Bonchev–Trinajstić information content (AvgIpc) is 3.29. The second-order valence-electron chi connectivity index (χ2n) is 14.8. The number of para-hydroxylation sites is 1. The zero-order valence-corrected chi connectivity index (χ0v) is 34.8. The molecule has 322 valence electrons. The summed E-state index contributed by atoms with van der Waals surface area (Å²) >= 11 is 0. The summed E-state index contributed by atoms with van der Waals surface area (Å²) in [7, 11) is -2.90. The molecule has 1 fully saturated rings. The molecule has 2 N–H and O–H groups in total. The molecule has 6 aromatic rings. The van der Waals surface area contributed by atoms with E-state index >= 15 is 8.78 Å². The number of pyridine rings is 1. The number of carbonyl (C=O) groups excluding carboxylic acids is 2. The van der Waals surface area contributed by atoms with E-state index in [2.05, 4.69) is 20.3 Å². The number of amides is 1. The van der Waals surface area contributed by atoms with Gasteiger partial charge in [0.1, 0.15) is 35.4 Å². The Morgan fingerprint density at radius 1 is 0.887 bits per heavy atom. The molecule has 0 saturated carbocycles. The largest absolute Gasteiger partial charge is 0.461 e. The maximum atomic E-state index is 15.6. The molecule has 0 spiro atoms. The molecule has 1 amide bonds. The number of hydrogen-bond acceptors (Lipinski definition) is 11. The number of benzene rings is 3. The van der Waals surface area contributed by atoms with Crippen molar-refractivity contribution in [3.8, 4) is 16.9 Å². The van der Waals surface area contributed by atoms with Crippen molar-refractivity contribution in [2.45, 2.75) is 68.9 Å². The molecule has 15 nitrogen and oxygen atoms in total. The van der Waals surface area contributed by atoms with Crippen LogP contribution in [0.2, 0.25) is 0 Å². The van der Waals surface area contributed by atoms with Gasteiger partial charge >= 0.3 is 11.7 Å². The molecule has 0 bridgehead atoms. The Kier molecular flexibility index (Phi) is 13.0. The van der Waals surface area contributed by atoms with Crippen molar-refractivity contribution in [1.29, 1.82) is 0 Å². The zero-order chi connectivity index (χ0) is 44.1. The molecule has 7 rings (SSSR count). The van der Waals surface area contributed by atoms with Gasteiger partial charge in [-0.15, -0.1) is 0 Å². The molecule has 1 atom stereocenters. The van der Waals surface area contributed by atoms with E-state index in [0.29, 0.717) is 71.6 Å². The fourth-order valence-corrected chi connectivity index (χ4v) is 8.19. The van der Waals surface area contributed by atoms with E-state index < -0.39 is 68.2 Å². The van der Waals surface area contributed by atoms with E-state index in [4.69, 9.17) is 9.47 Å². The predicted octanol–water partition coefficient (Wildman–Crippen LogP) is 5.59. The van der Waals surface area contributed by atoms with Crippen LogP contribution in [0.25, 0.3) is 27.8 Å². The number of sulfonamides is 1. The quantitative estimate of drug-likeness (QED) is 0.130. The Bertz CT molecular complexity index is 2840.